The maximum Gasteiger partial charge on any atom is 0.323 e. The van der Waals surface area contributed by atoms with Gasteiger partial charge in [-0.3, -0.25) is 0 Å². The van der Waals surface area contributed by atoms with E-state index in [0.29, 0.717) is 32.2 Å². The Morgan fingerprint density at radius 2 is 1.89 bits per heavy atom. The third-order valence-electron chi connectivity index (χ3n) is 4.44. The summed E-state index contributed by atoms with van der Waals surface area (Å²) in [7, 11) is -1.51. The van der Waals surface area contributed by atoms with Crippen molar-refractivity contribution in [3.8, 4) is 21.7 Å². The second-order valence-electron chi connectivity index (χ2n) is 6.07. The predicted octanol–water partition coefficient (Wildman–Crippen LogP) is 3.26. The number of benzene rings is 1. The molecule has 0 bridgehead atoms. The summed E-state index contributed by atoms with van der Waals surface area (Å²) >= 11 is 0. The molecule has 28 heavy (non-hydrogen) atoms. The smallest absolute Gasteiger partial charge is 0.323 e. The molecule has 0 aliphatic carbocycles. The fourth-order valence-electron chi connectivity index (χ4n) is 3.30. The maximum atomic E-state index is 12.1. The van der Waals surface area contributed by atoms with Crippen LogP contribution in [-0.2, 0) is 0 Å². The van der Waals surface area contributed by atoms with Gasteiger partial charge in [-0.25, -0.2) is 9.78 Å². The van der Waals surface area contributed by atoms with E-state index in [1.54, 1.807) is 18.3 Å². The van der Waals surface area contributed by atoms with E-state index in [2.05, 4.69) is 25.8 Å². The molecule has 9 heteroatoms. The number of thiophene rings is 1. The number of amides is 2. The molecule has 0 saturated heterocycles. The highest BCUT2D eigenvalue weighted by Gasteiger charge is 2.37. The predicted molar refractivity (Wildman–Crippen MR) is 104 cm³/mol. The number of aromatic nitrogens is 3. The molecule has 136 valence electrons. The number of pyridine rings is 1. The zero-order valence-corrected chi connectivity index (χ0v) is 15.0. The molecule has 1 atom stereocenters. The standard InChI is InChI=1S/C19H11N5O3S/c25-18-22-12-6-7-20-17-14(12)15(23-18)16(28(17)19(26)27)13-8-11(9-21-24-13)10-4-2-1-3-5-10/h1-9H,(H2-,20,22,23,24,25,26,27). The first kappa shape index (κ1) is 16.3. The third-order valence-corrected chi connectivity index (χ3v) is 6.29. The van der Waals surface area contributed by atoms with Gasteiger partial charge in [0.25, 0.3) is 4.83 Å². The highest BCUT2D eigenvalue weighted by atomic mass is 32.2. The molecule has 2 N–H and O–H groups in total. The van der Waals surface area contributed by atoms with Crippen molar-refractivity contribution < 1.29 is 14.7 Å². The second kappa shape index (κ2) is 6.10. The number of rotatable bonds is 3. The van der Waals surface area contributed by atoms with Gasteiger partial charge in [0.2, 0.25) is 4.88 Å². The van der Waals surface area contributed by atoms with E-state index in [1.165, 1.54) is 6.20 Å². The molecule has 1 aliphatic rings. The van der Waals surface area contributed by atoms with E-state index in [1.807, 2.05) is 30.3 Å². The number of nitrogens with one attached hydrogen (secondary N) is 2. The summed E-state index contributed by atoms with van der Waals surface area (Å²) in [6.45, 7) is 0. The van der Waals surface area contributed by atoms with E-state index in [-0.39, 0.29) is 0 Å². The van der Waals surface area contributed by atoms with Crippen LogP contribution in [0.15, 0.2) is 54.9 Å². The van der Waals surface area contributed by atoms with Crippen LogP contribution in [0.1, 0.15) is 0 Å². The zero-order chi connectivity index (χ0) is 19.3. The number of hydrogen-bond acceptors (Lipinski definition) is 6. The van der Waals surface area contributed by atoms with Crippen molar-refractivity contribution in [3.05, 3.63) is 54.9 Å². The molecule has 2 amide bonds. The quantitative estimate of drug-likeness (QED) is 0.519. The molecule has 5 rings (SSSR count). The first-order valence-electron chi connectivity index (χ1n) is 8.29. The number of hydrogen-bond donors (Lipinski definition) is 2. The van der Waals surface area contributed by atoms with Crippen molar-refractivity contribution in [1.29, 1.82) is 0 Å². The van der Waals surface area contributed by atoms with E-state index < -0.39 is 21.8 Å². The third kappa shape index (κ3) is 2.41. The number of nitrogens with zero attached hydrogens (tertiary/aromatic N) is 3. The van der Waals surface area contributed by atoms with Gasteiger partial charge in [-0.2, -0.15) is 5.10 Å². The lowest BCUT2D eigenvalue weighted by Crippen LogP contribution is -2.23. The summed E-state index contributed by atoms with van der Waals surface area (Å²) < 4.78 is 0. The van der Waals surface area contributed by atoms with Crippen molar-refractivity contribution in [2.45, 2.75) is 0 Å². The lowest BCUT2D eigenvalue weighted by atomic mass is 10.1. The topological polar surface area (TPSA) is 120 Å². The Hall–Kier alpha value is -3.85. The van der Waals surface area contributed by atoms with Crippen LogP contribution in [0.2, 0.25) is 0 Å². The molecular weight excluding hydrogens is 378 g/mol. The molecule has 0 fully saturated rings. The molecule has 1 aliphatic heterocycles. The van der Waals surface area contributed by atoms with Crippen molar-refractivity contribution >= 4 is 43.4 Å². The largest absolute Gasteiger partial charge is 0.500 e. The Balaban J connectivity index is 1.82. The molecule has 0 spiro atoms. The van der Waals surface area contributed by atoms with Gasteiger partial charge in [-0.15, -0.1) is 5.10 Å². The van der Waals surface area contributed by atoms with Crippen molar-refractivity contribution in [1.82, 2.24) is 15.2 Å². The molecule has 8 nitrogen and oxygen atoms in total. The van der Waals surface area contributed by atoms with E-state index >= 15 is 0 Å². The number of carbonyl (C=O) groups excluding carboxylic acids is 2. The highest BCUT2D eigenvalue weighted by Crippen LogP contribution is 2.52. The molecule has 1 aromatic carbocycles. The van der Waals surface area contributed by atoms with Crippen molar-refractivity contribution in [2.75, 3.05) is 10.6 Å². The van der Waals surface area contributed by atoms with Gasteiger partial charge in [-0.1, -0.05) is 30.3 Å². The minimum atomic E-state index is -1.51. The van der Waals surface area contributed by atoms with E-state index in [0.717, 1.165) is 11.1 Å². The van der Waals surface area contributed by atoms with Crippen LogP contribution in [0, 0.1) is 0 Å². The average Bonchev–Trinajstić information content (AvgIpc) is 3.04. The zero-order valence-electron chi connectivity index (χ0n) is 14.2. The number of anilines is 2. The fraction of sp³-hybridized carbons (Fsp3) is 0. The lowest BCUT2D eigenvalue weighted by Gasteiger charge is -2.13. The van der Waals surface area contributed by atoms with Crippen LogP contribution in [0.5, 0.6) is 0 Å². The van der Waals surface area contributed by atoms with Crippen LogP contribution in [-0.4, -0.2) is 26.5 Å². The number of urea groups is 1. The van der Waals surface area contributed by atoms with Crippen molar-refractivity contribution in [2.24, 2.45) is 0 Å². The lowest BCUT2D eigenvalue weighted by molar-refractivity contribution is -0.233. The van der Waals surface area contributed by atoms with Gasteiger partial charge in [0.1, 0.15) is 16.8 Å². The molecule has 0 radical (unpaired) electrons. The Labute approximate surface area is 160 Å². The summed E-state index contributed by atoms with van der Waals surface area (Å²) in [5, 5.41) is 24.9. The van der Waals surface area contributed by atoms with Crippen LogP contribution < -0.4 is 15.7 Å². The summed E-state index contributed by atoms with van der Waals surface area (Å²) in [5.41, 5.74) is 2.94. The van der Waals surface area contributed by atoms with Crippen LogP contribution >= 0.6 is 10.5 Å². The SMILES string of the molecule is O=C1Nc2ccnc3c2c(c(-c2cc(-c4ccccc4)cnn2)[s+]3C(=O)[O-])N1. The van der Waals surface area contributed by atoms with Crippen LogP contribution in [0.3, 0.4) is 0 Å². The second-order valence-corrected chi connectivity index (χ2v) is 7.81. The monoisotopic (exact) mass is 389 g/mol. The van der Waals surface area contributed by atoms with E-state index in [4.69, 9.17) is 0 Å². The number of carbonyl (C=O) groups is 2. The Kier molecular flexibility index (Phi) is 3.56. The molecule has 4 aromatic rings. The van der Waals surface area contributed by atoms with Gasteiger partial charge < -0.3 is 20.5 Å². The van der Waals surface area contributed by atoms with Gasteiger partial charge in [-0.05, 0) is 17.7 Å². The summed E-state index contributed by atoms with van der Waals surface area (Å²) in [6.07, 6.45) is 3.07. The van der Waals surface area contributed by atoms with Crippen LogP contribution in [0.4, 0.5) is 21.0 Å². The average molecular weight is 389 g/mol. The summed E-state index contributed by atoms with van der Waals surface area (Å²) in [6, 6.07) is 12.5. The maximum absolute atomic E-state index is 12.1. The van der Waals surface area contributed by atoms with Crippen LogP contribution in [0.25, 0.3) is 31.9 Å². The minimum absolute atomic E-state index is 0.335. The van der Waals surface area contributed by atoms with Gasteiger partial charge >= 0.3 is 11.3 Å². The Bertz CT molecular complexity index is 1270. The summed E-state index contributed by atoms with van der Waals surface area (Å²) in [4.78, 5) is 29.0. The molecule has 4 heterocycles. The van der Waals surface area contributed by atoms with Gasteiger partial charge in [0, 0.05) is 11.8 Å². The van der Waals surface area contributed by atoms with Gasteiger partial charge in [0.15, 0.2) is 0 Å². The number of carboxylic acid groups (broad SMARTS) is 1. The molecule has 1 unspecified atom stereocenters. The Morgan fingerprint density at radius 1 is 1.07 bits per heavy atom. The highest BCUT2D eigenvalue weighted by molar-refractivity contribution is 7.57. The Morgan fingerprint density at radius 3 is 2.68 bits per heavy atom. The molecule has 0 saturated carbocycles. The van der Waals surface area contributed by atoms with E-state index in [9.17, 15) is 14.7 Å². The minimum Gasteiger partial charge on any atom is -0.500 e. The fourth-order valence-corrected chi connectivity index (χ4v) is 5.07. The molecule has 3 aromatic heterocycles. The first-order chi connectivity index (χ1) is 13.6. The molecular formula is C19H11N5O3S. The van der Waals surface area contributed by atoms with Gasteiger partial charge in [0.05, 0.1) is 22.4 Å². The first-order valence-corrected chi connectivity index (χ1v) is 9.51. The normalized spacial score (nSPS) is 13.1. The van der Waals surface area contributed by atoms with Crippen molar-refractivity contribution in [3.63, 3.8) is 0 Å². The summed E-state index contributed by atoms with van der Waals surface area (Å²) in [5.74, 6) is 0.